The number of carbonyl (C=O) groups excluding carboxylic acids is 1. The van der Waals surface area contributed by atoms with Crippen LogP contribution in [0.15, 0.2) is 33.9 Å². The number of H-pyrrole nitrogens is 1. The van der Waals surface area contributed by atoms with Gasteiger partial charge in [0, 0.05) is 31.7 Å². The molecule has 2 aromatic heterocycles. The normalized spacial score (nSPS) is 11.0. The average molecular weight is 620 g/mol. The summed E-state index contributed by atoms with van der Waals surface area (Å²) in [5, 5.41) is 11.3. The summed E-state index contributed by atoms with van der Waals surface area (Å²) >= 11 is 0. The van der Waals surface area contributed by atoms with Crippen LogP contribution < -0.4 is 38.5 Å². The molecule has 0 saturated heterocycles. The highest BCUT2D eigenvalue weighted by Crippen LogP contribution is 2.21. The SMILES string of the molecule is CCn1c(=O)c2[nH]c(-c3ccc(OCC(=O)O)cc3)nc2n(CC)c1=O.Cl.Cl.NCCCC[C@@H](N)C(=O)NCCN. The molecular weight excluding hydrogens is 579 g/mol. The lowest BCUT2D eigenvalue weighted by molar-refractivity contribution is -0.139. The minimum absolute atomic E-state index is 0. The maximum atomic E-state index is 12.5. The van der Waals surface area contributed by atoms with Gasteiger partial charge in [-0.05, 0) is 57.5 Å². The Morgan fingerprint density at radius 1 is 1.05 bits per heavy atom. The number of amides is 1. The number of benzene rings is 1. The van der Waals surface area contributed by atoms with Crippen molar-refractivity contribution in [2.24, 2.45) is 17.2 Å². The molecule has 0 radical (unpaired) electrons. The van der Waals surface area contributed by atoms with Crippen LogP contribution in [-0.4, -0.2) is 68.4 Å². The number of aryl methyl sites for hydroxylation is 1. The highest BCUT2D eigenvalue weighted by atomic mass is 35.5. The van der Waals surface area contributed by atoms with Gasteiger partial charge in [-0.1, -0.05) is 6.42 Å². The Morgan fingerprint density at radius 3 is 2.22 bits per heavy atom. The molecule has 3 rings (SSSR count). The average Bonchev–Trinajstić information content (AvgIpc) is 3.37. The third-order valence-corrected chi connectivity index (χ3v) is 5.73. The monoisotopic (exact) mass is 618 g/mol. The van der Waals surface area contributed by atoms with Crippen molar-refractivity contribution in [2.45, 2.75) is 52.2 Å². The second-order valence-electron chi connectivity index (χ2n) is 8.54. The number of carboxylic acids is 1. The summed E-state index contributed by atoms with van der Waals surface area (Å²) in [7, 11) is 0. The molecule has 1 atom stereocenters. The van der Waals surface area contributed by atoms with Gasteiger partial charge >= 0.3 is 11.7 Å². The topological polar surface area (TPSA) is 226 Å². The number of halogens is 2. The van der Waals surface area contributed by atoms with E-state index in [1.54, 1.807) is 31.2 Å². The summed E-state index contributed by atoms with van der Waals surface area (Å²) in [6.07, 6.45) is 2.50. The minimum Gasteiger partial charge on any atom is -0.482 e. The molecule has 0 spiro atoms. The molecule has 0 aliphatic carbocycles. The van der Waals surface area contributed by atoms with Gasteiger partial charge in [-0.2, -0.15) is 0 Å². The molecule has 230 valence electrons. The van der Waals surface area contributed by atoms with Gasteiger partial charge in [0.2, 0.25) is 5.91 Å². The highest BCUT2D eigenvalue weighted by molar-refractivity contribution is 5.85. The highest BCUT2D eigenvalue weighted by Gasteiger charge is 2.16. The lowest BCUT2D eigenvalue weighted by Crippen LogP contribution is -2.42. The number of hydrogen-bond acceptors (Lipinski definition) is 9. The van der Waals surface area contributed by atoms with E-state index in [9.17, 15) is 19.2 Å². The van der Waals surface area contributed by atoms with Crippen LogP contribution in [0.5, 0.6) is 5.75 Å². The Kier molecular flexibility index (Phi) is 17.3. The first-order valence-corrected chi connectivity index (χ1v) is 12.8. The molecule has 0 fully saturated rings. The minimum atomic E-state index is -1.06. The first kappa shape index (κ1) is 37.6. The number of carboxylic acid groups (broad SMARTS) is 1. The van der Waals surface area contributed by atoms with Crippen LogP contribution in [0.25, 0.3) is 22.6 Å². The number of aromatic nitrogens is 4. The van der Waals surface area contributed by atoms with E-state index >= 15 is 0 Å². The maximum absolute atomic E-state index is 12.5. The van der Waals surface area contributed by atoms with Crippen LogP contribution in [0.1, 0.15) is 33.1 Å². The summed E-state index contributed by atoms with van der Waals surface area (Å²) in [5.41, 5.74) is 16.6. The molecule has 3 aromatic rings. The van der Waals surface area contributed by atoms with Crippen LogP contribution in [0, 0.1) is 0 Å². The summed E-state index contributed by atoms with van der Waals surface area (Å²) in [4.78, 5) is 54.0. The van der Waals surface area contributed by atoms with Crippen molar-refractivity contribution in [3.63, 3.8) is 0 Å². The van der Waals surface area contributed by atoms with Crippen molar-refractivity contribution in [2.75, 3.05) is 26.2 Å². The van der Waals surface area contributed by atoms with Gasteiger partial charge in [0.05, 0.1) is 6.04 Å². The summed E-state index contributed by atoms with van der Waals surface area (Å²) in [6.45, 7) is 5.38. The van der Waals surface area contributed by atoms with E-state index in [0.29, 0.717) is 55.4 Å². The van der Waals surface area contributed by atoms with E-state index in [1.165, 1.54) is 4.57 Å². The van der Waals surface area contributed by atoms with Crippen molar-refractivity contribution in [1.82, 2.24) is 24.4 Å². The van der Waals surface area contributed by atoms with Crippen molar-refractivity contribution in [3.8, 4) is 17.1 Å². The zero-order chi connectivity index (χ0) is 28.9. The number of aliphatic carboxylic acids is 1. The van der Waals surface area contributed by atoms with Crippen molar-refractivity contribution < 1.29 is 19.4 Å². The van der Waals surface area contributed by atoms with E-state index in [-0.39, 0.29) is 48.5 Å². The van der Waals surface area contributed by atoms with Crippen LogP contribution in [0.4, 0.5) is 0 Å². The van der Waals surface area contributed by atoms with Gasteiger partial charge in [-0.3, -0.25) is 18.7 Å². The second-order valence-corrected chi connectivity index (χ2v) is 8.54. The Labute approximate surface area is 249 Å². The molecule has 41 heavy (non-hydrogen) atoms. The fourth-order valence-electron chi connectivity index (χ4n) is 3.69. The molecule has 0 aliphatic heterocycles. The predicted octanol–water partition coefficient (Wildman–Crippen LogP) is 0.418. The fraction of sp³-hybridized carbons (Fsp3) is 0.480. The molecule has 0 saturated carbocycles. The van der Waals surface area contributed by atoms with Gasteiger partial charge < -0.3 is 37.3 Å². The Hall–Kier alpha value is -3.43. The van der Waals surface area contributed by atoms with Crippen LogP contribution in [-0.2, 0) is 22.7 Å². The smallest absolute Gasteiger partial charge is 0.341 e. The van der Waals surface area contributed by atoms with Crippen LogP contribution in [0.3, 0.4) is 0 Å². The van der Waals surface area contributed by atoms with Gasteiger partial charge in [0.15, 0.2) is 12.3 Å². The zero-order valence-corrected chi connectivity index (χ0v) is 24.8. The number of carbonyl (C=O) groups is 2. The molecule has 16 heteroatoms. The molecule has 2 heterocycles. The quantitative estimate of drug-likeness (QED) is 0.145. The summed E-state index contributed by atoms with van der Waals surface area (Å²) in [5.74, 6) is -0.332. The summed E-state index contributed by atoms with van der Waals surface area (Å²) in [6, 6.07) is 6.20. The van der Waals surface area contributed by atoms with E-state index in [1.807, 2.05) is 6.92 Å². The Morgan fingerprint density at radius 2 is 1.68 bits per heavy atom. The maximum Gasteiger partial charge on any atom is 0.341 e. The van der Waals surface area contributed by atoms with Crippen LogP contribution in [0.2, 0.25) is 0 Å². The van der Waals surface area contributed by atoms with Gasteiger partial charge in [0.25, 0.3) is 5.56 Å². The standard InChI is InChI=1S/C17H18N4O5.C8H20N4O.2ClH/c1-3-20-15-13(16(24)21(4-2)17(20)25)18-14(19-15)10-5-7-11(8-6-10)26-9-12(22)23;9-4-2-1-3-7(11)8(13)12-6-5-10;;/h5-8H,3-4,9H2,1-2H3,(H,18,19)(H,22,23);7H,1-6,9-11H2,(H,12,13);2*1H/t;7-;;/m.1../s1. The lowest BCUT2D eigenvalue weighted by Gasteiger charge is -2.10. The number of rotatable bonds is 13. The molecule has 14 nitrogen and oxygen atoms in total. The number of nitrogens with zero attached hydrogens (tertiary/aromatic N) is 3. The first-order valence-electron chi connectivity index (χ1n) is 12.8. The molecule has 0 aliphatic rings. The largest absolute Gasteiger partial charge is 0.482 e. The van der Waals surface area contributed by atoms with Crippen molar-refractivity contribution in [1.29, 1.82) is 0 Å². The van der Waals surface area contributed by atoms with Crippen molar-refractivity contribution >= 4 is 47.9 Å². The number of nitrogens with two attached hydrogens (primary N) is 3. The molecule has 1 amide bonds. The number of fused-ring (bicyclic) bond motifs is 1. The van der Waals surface area contributed by atoms with E-state index in [4.69, 9.17) is 27.0 Å². The third-order valence-electron chi connectivity index (χ3n) is 5.73. The zero-order valence-electron chi connectivity index (χ0n) is 23.1. The van der Waals surface area contributed by atoms with Gasteiger partial charge in [0.1, 0.15) is 17.1 Å². The Bertz CT molecular complexity index is 1360. The van der Waals surface area contributed by atoms with Crippen molar-refractivity contribution in [3.05, 3.63) is 45.1 Å². The molecule has 0 unspecified atom stereocenters. The number of hydrogen-bond donors (Lipinski definition) is 6. The van der Waals surface area contributed by atoms with E-state index < -0.39 is 24.2 Å². The molecule has 0 bridgehead atoms. The van der Waals surface area contributed by atoms with E-state index in [0.717, 1.165) is 17.4 Å². The number of aromatic amines is 1. The molecular formula is C25H40Cl2N8O6. The predicted molar refractivity (Wildman–Crippen MR) is 162 cm³/mol. The van der Waals surface area contributed by atoms with Gasteiger partial charge in [-0.15, -0.1) is 24.8 Å². The number of imidazole rings is 1. The second kappa shape index (κ2) is 18.8. The number of ether oxygens (including phenoxy) is 1. The molecule has 1 aromatic carbocycles. The lowest BCUT2D eigenvalue weighted by atomic mass is 10.1. The van der Waals surface area contributed by atoms with Crippen LogP contribution >= 0.6 is 24.8 Å². The number of nitrogens with one attached hydrogen (secondary N) is 2. The molecule has 9 N–H and O–H groups in total. The number of unbranched alkanes of at least 4 members (excludes halogenated alkanes) is 1. The van der Waals surface area contributed by atoms with Gasteiger partial charge in [-0.25, -0.2) is 14.6 Å². The fourth-order valence-corrected chi connectivity index (χ4v) is 3.69. The third kappa shape index (κ3) is 10.5. The first-order chi connectivity index (χ1) is 18.7. The van der Waals surface area contributed by atoms with E-state index in [2.05, 4.69) is 15.3 Å². The summed E-state index contributed by atoms with van der Waals surface area (Å²) < 4.78 is 7.70. The Balaban J connectivity index is 0.000000918.